The molecular weight excluding hydrogens is 494 g/mol. The van der Waals surface area contributed by atoms with Gasteiger partial charge in [-0.3, -0.25) is 14.9 Å². The number of hydrogen-bond donors (Lipinski definition) is 0. The zero-order valence-corrected chi connectivity index (χ0v) is 20.8. The molecule has 1 fully saturated rings. The topological polar surface area (TPSA) is 93.7 Å². The third-order valence-corrected chi connectivity index (χ3v) is 6.59. The molecule has 37 heavy (non-hydrogen) atoms. The molecule has 0 N–H and O–H groups in total. The Morgan fingerprint density at radius 2 is 1.65 bits per heavy atom. The van der Waals surface area contributed by atoms with Gasteiger partial charge in [-0.15, -0.1) is 0 Å². The van der Waals surface area contributed by atoms with Gasteiger partial charge in [0.2, 0.25) is 0 Å². The highest BCUT2D eigenvalue weighted by atomic mass is 35.5. The highest BCUT2D eigenvalue weighted by Gasteiger charge is 2.27. The molecule has 0 spiro atoms. The predicted octanol–water partition coefficient (Wildman–Crippen LogP) is 5.07. The summed E-state index contributed by atoms with van der Waals surface area (Å²) in [5.74, 6) is 0.607. The van der Waals surface area contributed by atoms with E-state index in [4.69, 9.17) is 21.4 Å². The number of non-ortho nitro benzene ring substituents is 1. The van der Waals surface area contributed by atoms with Gasteiger partial charge in [0.25, 0.3) is 11.6 Å². The Balaban J connectivity index is 1.39. The van der Waals surface area contributed by atoms with Crippen molar-refractivity contribution in [1.82, 2.24) is 14.7 Å². The lowest BCUT2D eigenvalue weighted by Gasteiger charge is -2.36. The average Bonchev–Trinajstić information content (AvgIpc) is 3.38. The molecule has 10 heteroatoms. The predicted molar refractivity (Wildman–Crippen MR) is 142 cm³/mol. The largest absolute Gasteiger partial charge is 0.497 e. The molecule has 1 saturated heterocycles. The number of amides is 1. The fourth-order valence-electron chi connectivity index (χ4n) is 4.36. The Morgan fingerprint density at radius 1 is 0.946 bits per heavy atom. The van der Waals surface area contributed by atoms with Crippen LogP contribution in [0.4, 0.5) is 11.4 Å². The van der Waals surface area contributed by atoms with Gasteiger partial charge in [-0.1, -0.05) is 17.7 Å². The third kappa shape index (κ3) is 5.12. The summed E-state index contributed by atoms with van der Waals surface area (Å²) in [7, 11) is 1.61. The number of methoxy groups -OCH3 is 1. The standard InChI is InChI=1S/C27H24ClN5O4/c1-37-24-11-5-19(6-12-24)25-18-26(32(29-25)23-4-2-3-20(28)17-23)27(34)31-15-13-30(14-16-31)21-7-9-22(10-8-21)33(35)36/h2-12,17-18H,13-16H2,1H3. The second-order valence-electron chi connectivity index (χ2n) is 8.59. The van der Waals surface area contributed by atoms with Crippen LogP contribution in [0.1, 0.15) is 10.5 Å². The quantitative estimate of drug-likeness (QED) is 0.262. The maximum absolute atomic E-state index is 13.7. The maximum Gasteiger partial charge on any atom is 0.272 e. The van der Waals surface area contributed by atoms with E-state index in [0.29, 0.717) is 48.3 Å². The fourth-order valence-corrected chi connectivity index (χ4v) is 4.54. The minimum absolute atomic E-state index is 0.0551. The number of anilines is 1. The number of halogens is 1. The van der Waals surface area contributed by atoms with E-state index < -0.39 is 4.92 Å². The van der Waals surface area contributed by atoms with Crippen molar-refractivity contribution >= 4 is 28.9 Å². The Hall–Kier alpha value is -4.37. The second-order valence-corrected chi connectivity index (χ2v) is 9.02. The third-order valence-electron chi connectivity index (χ3n) is 6.36. The number of nitro benzene ring substituents is 1. The van der Waals surface area contributed by atoms with Crippen LogP contribution >= 0.6 is 11.6 Å². The van der Waals surface area contributed by atoms with Crippen molar-refractivity contribution in [3.05, 3.63) is 99.7 Å². The van der Waals surface area contributed by atoms with E-state index in [1.807, 2.05) is 36.4 Å². The van der Waals surface area contributed by atoms with Crippen LogP contribution in [0.25, 0.3) is 16.9 Å². The molecule has 2 heterocycles. The summed E-state index contributed by atoms with van der Waals surface area (Å²) in [6, 6.07) is 23.0. The van der Waals surface area contributed by atoms with Crippen LogP contribution in [-0.2, 0) is 0 Å². The minimum Gasteiger partial charge on any atom is -0.497 e. The number of nitrogens with zero attached hydrogens (tertiary/aromatic N) is 5. The van der Waals surface area contributed by atoms with E-state index in [-0.39, 0.29) is 11.6 Å². The first-order valence-electron chi connectivity index (χ1n) is 11.7. The molecule has 4 aromatic rings. The first-order chi connectivity index (χ1) is 17.9. The van der Waals surface area contributed by atoms with Crippen LogP contribution < -0.4 is 9.64 Å². The zero-order valence-electron chi connectivity index (χ0n) is 20.1. The van der Waals surface area contributed by atoms with E-state index in [9.17, 15) is 14.9 Å². The number of nitro groups is 1. The van der Waals surface area contributed by atoms with Crippen molar-refractivity contribution < 1.29 is 14.5 Å². The SMILES string of the molecule is COc1ccc(-c2cc(C(=O)N3CCN(c4ccc([N+](=O)[O-])cc4)CC3)n(-c3cccc(Cl)c3)n2)cc1. The van der Waals surface area contributed by atoms with Gasteiger partial charge in [0.1, 0.15) is 11.4 Å². The van der Waals surface area contributed by atoms with Gasteiger partial charge < -0.3 is 14.5 Å². The summed E-state index contributed by atoms with van der Waals surface area (Å²) in [6.45, 7) is 2.24. The minimum atomic E-state index is -0.413. The number of piperazine rings is 1. The van der Waals surface area contributed by atoms with Crippen molar-refractivity contribution in [2.24, 2.45) is 0 Å². The molecule has 5 rings (SSSR count). The van der Waals surface area contributed by atoms with Gasteiger partial charge in [-0.2, -0.15) is 5.10 Å². The van der Waals surface area contributed by atoms with Gasteiger partial charge in [-0.25, -0.2) is 4.68 Å². The summed E-state index contributed by atoms with van der Waals surface area (Å²) in [5.41, 5.74) is 3.61. The molecule has 0 unspecified atom stereocenters. The lowest BCUT2D eigenvalue weighted by molar-refractivity contribution is -0.384. The van der Waals surface area contributed by atoms with Gasteiger partial charge in [0, 0.05) is 54.6 Å². The number of carbonyl (C=O) groups excluding carboxylic acids is 1. The monoisotopic (exact) mass is 517 g/mol. The number of benzene rings is 3. The second kappa shape index (κ2) is 10.3. The van der Waals surface area contributed by atoms with E-state index in [2.05, 4.69) is 4.90 Å². The van der Waals surface area contributed by atoms with Crippen LogP contribution in [0, 0.1) is 10.1 Å². The molecule has 1 aromatic heterocycles. The van der Waals surface area contributed by atoms with Crippen molar-refractivity contribution in [2.45, 2.75) is 0 Å². The van der Waals surface area contributed by atoms with Crippen LogP contribution in [0.15, 0.2) is 78.9 Å². The van der Waals surface area contributed by atoms with E-state index >= 15 is 0 Å². The van der Waals surface area contributed by atoms with Gasteiger partial charge >= 0.3 is 0 Å². The molecule has 0 aliphatic carbocycles. The number of rotatable bonds is 6. The molecule has 0 saturated carbocycles. The first kappa shape index (κ1) is 24.3. The number of carbonyl (C=O) groups is 1. The van der Waals surface area contributed by atoms with Crippen molar-refractivity contribution in [2.75, 3.05) is 38.2 Å². The molecule has 1 amide bonds. The molecule has 0 bridgehead atoms. The van der Waals surface area contributed by atoms with Crippen molar-refractivity contribution in [1.29, 1.82) is 0 Å². The zero-order chi connectivity index (χ0) is 25.9. The van der Waals surface area contributed by atoms with Crippen LogP contribution in [0.3, 0.4) is 0 Å². The molecule has 3 aromatic carbocycles. The van der Waals surface area contributed by atoms with Gasteiger partial charge in [-0.05, 0) is 60.7 Å². The normalized spacial score (nSPS) is 13.5. The van der Waals surface area contributed by atoms with E-state index in [0.717, 1.165) is 17.0 Å². The fraction of sp³-hybridized carbons (Fsp3) is 0.185. The highest BCUT2D eigenvalue weighted by Crippen LogP contribution is 2.27. The summed E-state index contributed by atoms with van der Waals surface area (Å²) in [5, 5.41) is 16.2. The molecule has 188 valence electrons. The molecule has 0 radical (unpaired) electrons. The lowest BCUT2D eigenvalue weighted by Crippen LogP contribution is -2.49. The maximum atomic E-state index is 13.7. The van der Waals surface area contributed by atoms with Crippen LogP contribution in [-0.4, -0.2) is 58.8 Å². The molecular formula is C27H24ClN5O4. The number of aromatic nitrogens is 2. The lowest BCUT2D eigenvalue weighted by atomic mass is 10.1. The number of hydrogen-bond acceptors (Lipinski definition) is 6. The highest BCUT2D eigenvalue weighted by molar-refractivity contribution is 6.30. The Morgan fingerprint density at radius 3 is 2.27 bits per heavy atom. The summed E-state index contributed by atoms with van der Waals surface area (Å²) < 4.78 is 6.89. The summed E-state index contributed by atoms with van der Waals surface area (Å²) in [6.07, 6.45) is 0. The summed E-state index contributed by atoms with van der Waals surface area (Å²) >= 11 is 6.24. The number of ether oxygens (including phenoxy) is 1. The van der Waals surface area contributed by atoms with E-state index in [1.165, 1.54) is 12.1 Å². The molecule has 0 atom stereocenters. The molecule has 1 aliphatic rings. The van der Waals surface area contributed by atoms with Gasteiger partial charge in [0.05, 0.1) is 23.4 Å². The van der Waals surface area contributed by atoms with Crippen LogP contribution in [0.2, 0.25) is 5.02 Å². The molecule has 1 aliphatic heterocycles. The van der Waals surface area contributed by atoms with E-state index in [1.54, 1.807) is 47.0 Å². The Kier molecular flexibility index (Phi) is 6.78. The smallest absolute Gasteiger partial charge is 0.272 e. The Labute approximate surface area is 218 Å². The average molecular weight is 518 g/mol. The van der Waals surface area contributed by atoms with Crippen LogP contribution in [0.5, 0.6) is 5.75 Å². The first-order valence-corrected chi connectivity index (χ1v) is 12.1. The van der Waals surface area contributed by atoms with Crippen molar-refractivity contribution in [3.8, 4) is 22.7 Å². The van der Waals surface area contributed by atoms with Gasteiger partial charge in [0.15, 0.2) is 0 Å². The molecule has 9 nitrogen and oxygen atoms in total. The van der Waals surface area contributed by atoms with Crippen molar-refractivity contribution in [3.63, 3.8) is 0 Å². The Bertz CT molecular complexity index is 1430. The summed E-state index contributed by atoms with van der Waals surface area (Å²) in [4.78, 5) is 28.1.